The van der Waals surface area contributed by atoms with Gasteiger partial charge >= 0.3 is 0 Å². The third kappa shape index (κ3) is 2.41. The van der Waals surface area contributed by atoms with Gasteiger partial charge < -0.3 is 0 Å². The molecular formula is C12H20N2S. The molecule has 0 saturated carbocycles. The van der Waals surface area contributed by atoms with Crippen molar-refractivity contribution in [1.82, 2.24) is 5.43 Å². The molecule has 0 spiro atoms. The summed E-state index contributed by atoms with van der Waals surface area (Å²) in [6.07, 6.45) is 7.72. The second-order valence-corrected chi connectivity index (χ2v) is 5.45. The number of hydrazine groups is 1. The van der Waals surface area contributed by atoms with Crippen molar-refractivity contribution in [3.63, 3.8) is 0 Å². The minimum atomic E-state index is 0.349. The van der Waals surface area contributed by atoms with Crippen molar-refractivity contribution >= 4 is 11.3 Å². The normalized spacial score (nSPS) is 18.3. The molecule has 1 aromatic heterocycles. The van der Waals surface area contributed by atoms with E-state index in [0.29, 0.717) is 6.04 Å². The van der Waals surface area contributed by atoms with Crippen molar-refractivity contribution in [2.24, 2.45) is 5.84 Å². The molecule has 0 fully saturated rings. The molecule has 0 saturated heterocycles. The van der Waals surface area contributed by atoms with Gasteiger partial charge in [-0.3, -0.25) is 11.3 Å². The Morgan fingerprint density at radius 2 is 2.20 bits per heavy atom. The zero-order chi connectivity index (χ0) is 10.7. The molecule has 1 heterocycles. The Morgan fingerprint density at radius 1 is 1.40 bits per heavy atom. The van der Waals surface area contributed by atoms with Gasteiger partial charge in [0.05, 0.1) is 6.04 Å². The van der Waals surface area contributed by atoms with E-state index in [0.717, 1.165) is 6.42 Å². The fourth-order valence-corrected chi connectivity index (χ4v) is 3.66. The number of fused-ring (bicyclic) bond motifs is 1. The smallest absolute Gasteiger partial charge is 0.0550 e. The largest absolute Gasteiger partial charge is 0.271 e. The minimum absolute atomic E-state index is 0.349. The Labute approximate surface area is 95.8 Å². The molecule has 15 heavy (non-hydrogen) atoms. The first-order valence-electron chi connectivity index (χ1n) is 5.92. The van der Waals surface area contributed by atoms with Gasteiger partial charge in [-0.15, -0.1) is 11.3 Å². The molecule has 3 N–H and O–H groups in total. The highest BCUT2D eigenvalue weighted by Gasteiger charge is 2.16. The Kier molecular flexibility index (Phi) is 3.78. The van der Waals surface area contributed by atoms with Crippen LogP contribution in [-0.2, 0) is 12.8 Å². The van der Waals surface area contributed by atoms with E-state index in [9.17, 15) is 0 Å². The highest BCUT2D eigenvalue weighted by atomic mass is 32.1. The van der Waals surface area contributed by atoms with E-state index in [2.05, 4.69) is 18.4 Å². The van der Waals surface area contributed by atoms with Gasteiger partial charge in [0.2, 0.25) is 0 Å². The molecule has 2 nitrogen and oxygen atoms in total. The number of aryl methyl sites for hydroxylation is 2. The second kappa shape index (κ2) is 5.10. The van der Waals surface area contributed by atoms with Crippen LogP contribution < -0.4 is 11.3 Å². The SMILES string of the molecule is CCC(NN)c1cc2c(s1)CCCCC2. The van der Waals surface area contributed by atoms with Gasteiger partial charge in [-0.2, -0.15) is 0 Å². The maximum absolute atomic E-state index is 5.56. The first kappa shape index (κ1) is 11.1. The summed E-state index contributed by atoms with van der Waals surface area (Å²) in [7, 11) is 0. The molecular weight excluding hydrogens is 204 g/mol. The average Bonchev–Trinajstić information content (AvgIpc) is 2.52. The van der Waals surface area contributed by atoms with Crippen LogP contribution in [0.25, 0.3) is 0 Å². The van der Waals surface area contributed by atoms with Crippen LogP contribution in [0, 0.1) is 0 Å². The van der Waals surface area contributed by atoms with E-state index in [1.807, 2.05) is 11.3 Å². The molecule has 2 rings (SSSR count). The summed E-state index contributed by atoms with van der Waals surface area (Å²) in [5, 5.41) is 0. The van der Waals surface area contributed by atoms with Gasteiger partial charge in [0, 0.05) is 9.75 Å². The van der Waals surface area contributed by atoms with Crippen LogP contribution in [0.1, 0.15) is 54.0 Å². The molecule has 0 bridgehead atoms. The third-order valence-electron chi connectivity index (χ3n) is 3.22. The van der Waals surface area contributed by atoms with E-state index >= 15 is 0 Å². The van der Waals surface area contributed by atoms with Crippen molar-refractivity contribution in [3.8, 4) is 0 Å². The van der Waals surface area contributed by atoms with E-state index in [1.165, 1.54) is 37.0 Å². The monoisotopic (exact) mass is 224 g/mol. The molecule has 1 aliphatic rings. The Balaban J connectivity index is 2.21. The number of thiophene rings is 1. The summed E-state index contributed by atoms with van der Waals surface area (Å²) in [5.74, 6) is 5.56. The molecule has 3 heteroatoms. The number of rotatable bonds is 3. The summed E-state index contributed by atoms with van der Waals surface area (Å²) in [4.78, 5) is 3.03. The van der Waals surface area contributed by atoms with Crippen LogP contribution in [0.5, 0.6) is 0 Å². The summed E-state index contributed by atoms with van der Waals surface area (Å²) in [6.45, 7) is 2.18. The molecule has 0 aliphatic heterocycles. The first-order chi connectivity index (χ1) is 7.35. The average molecular weight is 224 g/mol. The number of hydrogen-bond acceptors (Lipinski definition) is 3. The summed E-state index contributed by atoms with van der Waals surface area (Å²) < 4.78 is 0. The van der Waals surface area contributed by atoms with Crippen LogP contribution in [0.15, 0.2) is 6.07 Å². The fourth-order valence-electron chi connectivity index (χ4n) is 2.26. The van der Waals surface area contributed by atoms with Crippen LogP contribution in [-0.4, -0.2) is 0 Å². The molecule has 0 amide bonds. The van der Waals surface area contributed by atoms with E-state index in [4.69, 9.17) is 5.84 Å². The predicted molar refractivity (Wildman–Crippen MR) is 65.9 cm³/mol. The first-order valence-corrected chi connectivity index (χ1v) is 6.74. The van der Waals surface area contributed by atoms with Crippen molar-refractivity contribution in [2.75, 3.05) is 0 Å². The Bertz CT molecular complexity index is 292. The van der Waals surface area contributed by atoms with E-state index < -0.39 is 0 Å². The van der Waals surface area contributed by atoms with Crippen LogP contribution in [0.4, 0.5) is 0 Å². The Morgan fingerprint density at radius 3 is 2.93 bits per heavy atom. The summed E-state index contributed by atoms with van der Waals surface area (Å²) in [6, 6.07) is 2.72. The highest BCUT2D eigenvalue weighted by Crippen LogP contribution is 2.32. The minimum Gasteiger partial charge on any atom is -0.271 e. The van der Waals surface area contributed by atoms with Crippen molar-refractivity contribution in [3.05, 3.63) is 21.4 Å². The van der Waals surface area contributed by atoms with Crippen LogP contribution in [0.2, 0.25) is 0 Å². The molecule has 84 valence electrons. The predicted octanol–water partition coefficient (Wildman–Crippen LogP) is 2.93. The Hall–Kier alpha value is -0.380. The van der Waals surface area contributed by atoms with Crippen molar-refractivity contribution in [2.45, 2.75) is 51.5 Å². The van der Waals surface area contributed by atoms with Crippen molar-refractivity contribution in [1.29, 1.82) is 0 Å². The zero-order valence-corrected chi connectivity index (χ0v) is 10.2. The zero-order valence-electron chi connectivity index (χ0n) is 9.38. The van der Waals surface area contributed by atoms with Crippen LogP contribution in [0.3, 0.4) is 0 Å². The molecule has 1 aromatic rings. The van der Waals surface area contributed by atoms with Crippen molar-refractivity contribution < 1.29 is 0 Å². The number of hydrogen-bond donors (Lipinski definition) is 2. The molecule has 1 aliphatic carbocycles. The molecule has 1 atom stereocenters. The lowest BCUT2D eigenvalue weighted by Crippen LogP contribution is -2.26. The van der Waals surface area contributed by atoms with Crippen LogP contribution >= 0.6 is 11.3 Å². The van der Waals surface area contributed by atoms with Gasteiger partial charge in [0.1, 0.15) is 0 Å². The van der Waals surface area contributed by atoms with E-state index in [-0.39, 0.29) is 0 Å². The summed E-state index contributed by atoms with van der Waals surface area (Å²) >= 11 is 1.96. The maximum Gasteiger partial charge on any atom is 0.0550 e. The van der Waals surface area contributed by atoms with Gasteiger partial charge in [-0.1, -0.05) is 13.3 Å². The van der Waals surface area contributed by atoms with Gasteiger partial charge in [-0.25, -0.2) is 0 Å². The number of nitrogens with two attached hydrogens (primary N) is 1. The lowest BCUT2D eigenvalue weighted by atomic mass is 10.1. The standard InChI is InChI=1S/C12H20N2S/c1-2-10(14-13)12-8-9-6-4-3-5-7-11(9)15-12/h8,10,14H,2-7,13H2,1H3. The van der Waals surface area contributed by atoms with Gasteiger partial charge in [0.25, 0.3) is 0 Å². The number of nitrogens with one attached hydrogen (secondary N) is 1. The van der Waals surface area contributed by atoms with E-state index in [1.54, 1.807) is 10.4 Å². The maximum atomic E-state index is 5.56. The molecule has 1 unspecified atom stereocenters. The lowest BCUT2D eigenvalue weighted by molar-refractivity contribution is 0.547. The summed E-state index contributed by atoms with van der Waals surface area (Å²) in [5.41, 5.74) is 4.49. The fraction of sp³-hybridized carbons (Fsp3) is 0.667. The van der Waals surface area contributed by atoms with Gasteiger partial charge in [-0.05, 0) is 43.7 Å². The third-order valence-corrected chi connectivity index (χ3v) is 4.57. The lowest BCUT2D eigenvalue weighted by Gasteiger charge is -2.10. The topological polar surface area (TPSA) is 38.0 Å². The highest BCUT2D eigenvalue weighted by molar-refractivity contribution is 7.12. The molecule has 0 aromatic carbocycles. The molecule has 0 radical (unpaired) electrons. The van der Waals surface area contributed by atoms with Gasteiger partial charge in [0.15, 0.2) is 0 Å². The second-order valence-electron chi connectivity index (χ2n) is 4.29. The quantitative estimate of drug-likeness (QED) is 0.470.